The van der Waals surface area contributed by atoms with Gasteiger partial charge < -0.3 is 28.7 Å². The molecule has 1 fully saturated rings. The molecule has 1 saturated heterocycles. The second-order valence-electron chi connectivity index (χ2n) is 6.20. The Kier molecular flexibility index (Phi) is 4.92. The van der Waals surface area contributed by atoms with Gasteiger partial charge in [0, 0.05) is 25.8 Å². The lowest BCUT2D eigenvalue weighted by atomic mass is 10.1. The third kappa shape index (κ3) is 3.91. The van der Waals surface area contributed by atoms with Crippen molar-refractivity contribution >= 4 is 5.91 Å². The molecule has 8 nitrogen and oxygen atoms in total. The van der Waals surface area contributed by atoms with Gasteiger partial charge in [-0.15, -0.1) is 0 Å². The number of amides is 1. The average Bonchev–Trinajstić information content (AvgIpc) is 3.40. The van der Waals surface area contributed by atoms with Crippen LogP contribution in [0.25, 0.3) is 0 Å². The topological polar surface area (TPSA) is 92.1 Å². The third-order valence-corrected chi connectivity index (χ3v) is 4.35. The molecule has 0 aliphatic carbocycles. The van der Waals surface area contributed by atoms with E-state index < -0.39 is 0 Å². The van der Waals surface area contributed by atoms with E-state index in [-0.39, 0.29) is 25.0 Å². The first kappa shape index (κ1) is 16.7. The number of ether oxygens (including phenoxy) is 4. The normalized spacial score (nSPS) is 18.1. The van der Waals surface area contributed by atoms with Crippen LogP contribution in [0, 0.1) is 5.92 Å². The van der Waals surface area contributed by atoms with Crippen molar-refractivity contribution in [2.75, 3.05) is 26.6 Å². The summed E-state index contributed by atoms with van der Waals surface area (Å²) in [5.74, 6) is 2.55. The summed E-state index contributed by atoms with van der Waals surface area (Å²) in [5.41, 5.74) is 0.247. The average molecular weight is 360 g/mol. The third-order valence-electron chi connectivity index (χ3n) is 4.35. The van der Waals surface area contributed by atoms with E-state index in [2.05, 4.69) is 10.3 Å². The maximum Gasteiger partial charge on any atom is 0.273 e. The van der Waals surface area contributed by atoms with Crippen LogP contribution in [0.1, 0.15) is 29.2 Å². The Morgan fingerprint density at radius 1 is 1.31 bits per heavy atom. The van der Waals surface area contributed by atoms with Gasteiger partial charge in [0.15, 0.2) is 23.8 Å². The highest BCUT2D eigenvalue weighted by Gasteiger charge is 2.17. The van der Waals surface area contributed by atoms with E-state index in [1.165, 1.54) is 6.26 Å². The van der Waals surface area contributed by atoms with E-state index in [0.29, 0.717) is 35.6 Å². The fourth-order valence-electron chi connectivity index (χ4n) is 2.88. The molecular weight excluding hydrogens is 340 g/mol. The Morgan fingerprint density at radius 2 is 2.23 bits per heavy atom. The van der Waals surface area contributed by atoms with Gasteiger partial charge in [-0.1, -0.05) is 0 Å². The van der Waals surface area contributed by atoms with E-state index in [1.54, 1.807) is 18.2 Å². The van der Waals surface area contributed by atoms with Crippen molar-refractivity contribution in [2.45, 2.75) is 19.4 Å². The van der Waals surface area contributed by atoms with Crippen LogP contribution >= 0.6 is 0 Å². The Morgan fingerprint density at radius 3 is 3.12 bits per heavy atom. The molecule has 1 amide bonds. The number of carbonyl (C=O) groups excluding carboxylic acids is 1. The SMILES string of the molecule is O=C(NCC[C@@H]1CCOC1)c1coc(COc2ccc3c(c2)OCO3)n1. The van der Waals surface area contributed by atoms with Crippen molar-refractivity contribution in [2.24, 2.45) is 5.92 Å². The molecule has 4 rings (SSSR count). The van der Waals surface area contributed by atoms with E-state index in [9.17, 15) is 4.79 Å². The predicted octanol–water partition coefficient (Wildman–Crippen LogP) is 2.14. The van der Waals surface area contributed by atoms with Gasteiger partial charge in [-0.3, -0.25) is 4.79 Å². The summed E-state index contributed by atoms with van der Waals surface area (Å²) in [6.45, 7) is 2.52. The van der Waals surface area contributed by atoms with Crippen molar-refractivity contribution in [3.8, 4) is 17.2 Å². The van der Waals surface area contributed by atoms with Crippen LogP contribution < -0.4 is 19.5 Å². The molecule has 2 aliphatic heterocycles. The quantitative estimate of drug-likeness (QED) is 0.809. The molecule has 2 aromatic rings. The Bertz CT molecular complexity index is 769. The first-order chi connectivity index (χ1) is 12.8. The van der Waals surface area contributed by atoms with Crippen molar-refractivity contribution in [3.63, 3.8) is 0 Å². The van der Waals surface area contributed by atoms with E-state index in [4.69, 9.17) is 23.4 Å². The summed E-state index contributed by atoms with van der Waals surface area (Å²) in [5, 5.41) is 2.85. The second kappa shape index (κ2) is 7.65. The number of benzene rings is 1. The summed E-state index contributed by atoms with van der Waals surface area (Å²) in [4.78, 5) is 16.3. The minimum absolute atomic E-state index is 0.117. The second-order valence-corrected chi connectivity index (χ2v) is 6.20. The lowest BCUT2D eigenvalue weighted by Gasteiger charge is -2.07. The number of carbonyl (C=O) groups is 1. The number of nitrogens with one attached hydrogen (secondary N) is 1. The van der Waals surface area contributed by atoms with Gasteiger partial charge in [-0.25, -0.2) is 4.98 Å². The van der Waals surface area contributed by atoms with Crippen LogP contribution in [0.3, 0.4) is 0 Å². The van der Waals surface area contributed by atoms with Crippen LogP contribution in [0.15, 0.2) is 28.9 Å². The number of oxazole rings is 1. The van der Waals surface area contributed by atoms with Gasteiger partial charge in [0.25, 0.3) is 5.91 Å². The molecule has 138 valence electrons. The zero-order valence-corrected chi connectivity index (χ0v) is 14.2. The molecule has 8 heteroatoms. The minimum Gasteiger partial charge on any atom is -0.484 e. The summed E-state index contributed by atoms with van der Waals surface area (Å²) in [7, 11) is 0. The van der Waals surface area contributed by atoms with Gasteiger partial charge in [0.05, 0.1) is 0 Å². The monoisotopic (exact) mass is 360 g/mol. The predicted molar refractivity (Wildman–Crippen MR) is 89.3 cm³/mol. The van der Waals surface area contributed by atoms with Gasteiger partial charge in [0.2, 0.25) is 12.7 Å². The molecule has 1 atom stereocenters. The first-order valence-electron chi connectivity index (χ1n) is 8.61. The Hall–Kier alpha value is -2.74. The smallest absolute Gasteiger partial charge is 0.273 e. The number of rotatable bonds is 7. The lowest BCUT2D eigenvalue weighted by molar-refractivity contribution is 0.0945. The summed E-state index contributed by atoms with van der Waals surface area (Å²) >= 11 is 0. The number of hydrogen-bond donors (Lipinski definition) is 1. The number of nitrogens with zero attached hydrogens (tertiary/aromatic N) is 1. The zero-order valence-electron chi connectivity index (χ0n) is 14.2. The first-order valence-corrected chi connectivity index (χ1v) is 8.61. The van der Waals surface area contributed by atoms with Gasteiger partial charge in [-0.2, -0.15) is 0 Å². The standard InChI is InChI=1S/C18H20N2O6/c21-18(19-5-3-12-4-6-22-8-12)14-9-24-17(20-14)10-23-13-1-2-15-16(7-13)26-11-25-15/h1-2,7,9,12H,3-6,8,10-11H2,(H,19,21)/t12-/m1/s1. The highest BCUT2D eigenvalue weighted by atomic mass is 16.7. The number of hydrogen-bond acceptors (Lipinski definition) is 7. The maximum absolute atomic E-state index is 12.1. The van der Waals surface area contributed by atoms with Crippen LogP contribution in [-0.4, -0.2) is 37.4 Å². The summed E-state index contributed by atoms with van der Waals surface area (Å²) in [6.07, 6.45) is 3.30. The molecule has 0 unspecified atom stereocenters. The lowest BCUT2D eigenvalue weighted by Crippen LogP contribution is -2.26. The fourth-order valence-corrected chi connectivity index (χ4v) is 2.88. The van der Waals surface area contributed by atoms with Crippen molar-refractivity contribution in [3.05, 3.63) is 36.0 Å². The van der Waals surface area contributed by atoms with E-state index in [0.717, 1.165) is 26.1 Å². The van der Waals surface area contributed by atoms with E-state index >= 15 is 0 Å². The van der Waals surface area contributed by atoms with Crippen LogP contribution in [-0.2, 0) is 11.3 Å². The van der Waals surface area contributed by atoms with Gasteiger partial charge in [0.1, 0.15) is 12.0 Å². The molecule has 2 aliphatic rings. The molecule has 1 N–H and O–H groups in total. The van der Waals surface area contributed by atoms with Crippen LogP contribution in [0.4, 0.5) is 0 Å². The van der Waals surface area contributed by atoms with Gasteiger partial charge in [-0.05, 0) is 30.9 Å². The molecule has 0 spiro atoms. The molecule has 1 aromatic carbocycles. The molecule has 26 heavy (non-hydrogen) atoms. The maximum atomic E-state index is 12.1. The molecule has 0 saturated carbocycles. The van der Waals surface area contributed by atoms with Crippen molar-refractivity contribution in [1.82, 2.24) is 10.3 Å². The fraction of sp³-hybridized carbons (Fsp3) is 0.444. The van der Waals surface area contributed by atoms with Crippen molar-refractivity contribution < 1.29 is 28.2 Å². The summed E-state index contributed by atoms with van der Waals surface area (Å²) in [6, 6.07) is 5.30. The van der Waals surface area contributed by atoms with Crippen LogP contribution in [0.5, 0.6) is 17.2 Å². The van der Waals surface area contributed by atoms with Crippen LogP contribution in [0.2, 0.25) is 0 Å². The largest absolute Gasteiger partial charge is 0.484 e. The highest BCUT2D eigenvalue weighted by molar-refractivity contribution is 5.91. The van der Waals surface area contributed by atoms with E-state index in [1.807, 2.05) is 0 Å². The summed E-state index contributed by atoms with van der Waals surface area (Å²) < 4.78 is 26.8. The molecular formula is C18H20N2O6. The zero-order chi connectivity index (χ0) is 17.8. The molecule has 0 bridgehead atoms. The highest BCUT2D eigenvalue weighted by Crippen LogP contribution is 2.35. The molecule has 0 radical (unpaired) electrons. The Balaban J connectivity index is 1.25. The minimum atomic E-state index is -0.248. The van der Waals surface area contributed by atoms with Gasteiger partial charge >= 0.3 is 0 Å². The molecule has 3 heterocycles. The number of fused-ring (bicyclic) bond motifs is 1. The van der Waals surface area contributed by atoms with Crippen molar-refractivity contribution in [1.29, 1.82) is 0 Å². The Labute approximate surface area is 150 Å². The number of aromatic nitrogens is 1. The molecule has 1 aromatic heterocycles.